The van der Waals surface area contributed by atoms with Crippen LogP contribution < -0.4 is 5.32 Å². The predicted octanol–water partition coefficient (Wildman–Crippen LogP) is 4.00. The summed E-state index contributed by atoms with van der Waals surface area (Å²) in [6.07, 6.45) is 3.00. The smallest absolute Gasteiger partial charge is 0.408 e. The van der Waals surface area contributed by atoms with Gasteiger partial charge in [-0.05, 0) is 33.6 Å². The monoisotopic (exact) mass is 379 g/mol. The molecule has 0 fully saturated rings. The molecule has 1 amide bonds. The molecule has 148 valence electrons. The van der Waals surface area contributed by atoms with Crippen LogP contribution in [0.15, 0.2) is 0 Å². The lowest BCUT2D eigenvalue weighted by Gasteiger charge is -2.23. The third-order valence-electron chi connectivity index (χ3n) is 2.91. The molecular formula is C17H34NO6P. The van der Waals surface area contributed by atoms with Crippen molar-refractivity contribution in [1.82, 2.24) is 5.32 Å². The number of nitrogens with one attached hydrogen (secondary N) is 1. The van der Waals surface area contributed by atoms with Crippen molar-refractivity contribution >= 4 is 20.4 Å². The van der Waals surface area contributed by atoms with Gasteiger partial charge in [0.05, 0.1) is 19.8 Å². The Balaban J connectivity index is 4.55. The van der Waals surface area contributed by atoms with Gasteiger partial charge >= 0.3 is 12.1 Å². The van der Waals surface area contributed by atoms with Crippen molar-refractivity contribution in [1.29, 1.82) is 0 Å². The SMILES string of the molecule is CCCCOC(=O)[C@H](COP(C)OCCCC)NC(=O)OC(C)(C)C. The van der Waals surface area contributed by atoms with Crippen LogP contribution in [0.4, 0.5) is 4.79 Å². The van der Waals surface area contributed by atoms with E-state index in [1.807, 2.05) is 13.6 Å². The van der Waals surface area contributed by atoms with E-state index in [9.17, 15) is 9.59 Å². The highest BCUT2D eigenvalue weighted by molar-refractivity contribution is 7.46. The molecule has 0 aromatic heterocycles. The highest BCUT2D eigenvalue weighted by atomic mass is 31.2. The third kappa shape index (κ3) is 14.0. The van der Waals surface area contributed by atoms with Gasteiger partial charge in [0.15, 0.2) is 14.4 Å². The molecule has 1 N–H and O–H groups in total. The van der Waals surface area contributed by atoms with Crippen LogP contribution in [0.5, 0.6) is 0 Å². The number of ether oxygens (including phenoxy) is 2. The summed E-state index contributed by atoms with van der Waals surface area (Å²) >= 11 is 0. The van der Waals surface area contributed by atoms with E-state index in [2.05, 4.69) is 12.2 Å². The first-order valence-corrected chi connectivity index (χ1v) is 10.5. The van der Waals surface area contributed by atoms with Gasteiger partial charge in [0.2, 0.25) is 0 Å². The van der Waals surface area contributed by atoms with Crippen LogP contribution in [0.25, 0.3) is 0 Å². The number of unbranched alkanes of at least 4 members (excludes halogenated alkanes) is 2. The average Bonchev–Trinajstić information content (AvgIpc) is 2.50. The molecule has 7 nitrogen and oxygen atoms in total. The molecular weight excluding hydrogens is 345 g/mol. The Bertz CT molecular complexity index is 386. The fourth-order valence-corrected chi connectivity index (χ4v) is 2.41. The summed E-state index contributed by atoms with van der Waals surface area (Å²) in [6, 6.07) is -0.925. The topological polar surface area (TPSA) is 83.1 Å². The molecule has 0 aromatic rings. The lowest BCUT2D eigenvalue weighted by atomic mass is 10.2. The van der Waals surface area contributed by atoms with Gasteiger partial charge in [-0.25, -0.2) is 9.59 Å². The van der Waals surface area contributed by atoms with Crippen LogP contribution in [-0.2, 0) is 23.3 Å². The Kier molecular flexibility index (Phi) is 12.8. The van der Waals surface area contributed by atoms with Gasteiger partial charge in [-0.1, -0.05) is 26.7 Å². The van der Waals surface area contributed by atoms with Crippen LogP contribution in [-0.4, -0.2) is 50.2 Å². The Morgan fingerprint density at radius 1 is 1.04 bits per heavy atom. The molecule has 25 heavy (non-hydrogen) atoms. The Hall–Kier alpha value is -0.910. The summed E-state index contributed by atoms with van der Waals surface area (Å²) in [4.78, 5) is 24.1. The Morgan fingerprint density at radius 2 is 1.64 bits per heavy atom. The standard InChI is InChI=1S/C17H34NO6P/c1-7-9-11-21-15(19)14(18-16(20)24-17(3,4)5)13-23-25(6)22-12-10-8-2/h14H,7-13H2,1-6H3,(H,18,20)/t14-,25?/m0/s1. The molecule has 2 atom stereocenters. The minimum atomic E-state index is -1.12. The van der Waals surface area contributed by atoms with Gasteiger partial charge in [-0.2, -0.15) is 0 Å². The number of hydrogen-bond acceptors (Lipinski definition) is 6. The highest BCUT2D eigenvalue weighted by Gasteiger charge is 2.26. The van der Waals surface area contributed by atoms with E-state index < -0.39 is 32.1 Å². The lowest BCUT2D eigenvalue weighted by Crippen LogP contribution is -2.46. The number of alkyl carbamates (subject to hydrolysis) is 1. The molecule has 0 saturated heterocycles. The zero-order chi connectivity index (χ0) is 19.3. The maximum absolute atomic E-state index is 12.2. The number of carbonyl (C=O) groups is 2. The normalized spacial score (nSPS) is 13.8. The van der Waals surface area contributed by atoms with E-state index in [0.717, 1.165) is 25.7 Å². The Labute approximate surface area is 153 Å². The second-order valence-corrected chi connectivity index (χ2v) is 8.04. The first kappa shape index (κ1) is 24.1. The molecule has 0 aliphatic heterocycles. The molecule has 0 rings (SSSR count). The molecule has 1 unspecified atom stereocenters. The largest absolute Gasteiger partial charge is 0.464 e. The van der Waals surface area contributed by atoms with Crippen LogP contribution in [0, 0.1) is 0 Å². The number of carbonyl (C=O) groups excluding carboxylic acids is 2. The summed E-state index contributed by atoms with van der Waals surface area (Å²) in [5.74, 6) is -0.531. The summed E-state index contributed by atoms with van der Waals surface area (Å²) in [5, 5.41) is 2.52. The van der Waals surface area contributed by atoms with Gasteiger partial charge in [0.1, 0.15) is 5.60 Å². The van der Waals surface area contributed by atoms with Gasteiger partial charge < -0.3 is 23.8 Å². The van der Waals surface area contributed by atoms with Gasteiger partial charge in [0, 0.05) is 6.66 Å². The van der Waals surface area contributed by atoms with Crippen molar-refractivity contribution in [2.75, 3.05) is 26.5 Å². The fraction of sp³-hybridized carbons (Fsp3) is 0.882. The first-order chi connectivity index (χ1) is 11.7. The summed E-state index contributed by atoms with van der Waals surface area (Å²) in [5.41, 5.74) is -0.651. The number of esters is 1. The van der Waals surface area contributed by atoms with Crippen LogP contribution in [0.2, 0.25) is 0 Å². The van der Waals surface area contributed by atoms with Crippen LogP contribution in [0.3, 0.4) is 0 Å². The van der Waals surface area contributed by atoms with Crippen molar-refractivity contribution < 1.29 is 28.1 Å². The van der Waals surface area contributed by atoms with E-state index in [-0.39, 0.29) is 6.61 Å². The van der Waals surface area contributed by atoms with Crippen molar-refractivity contribution in [3.63, 3.8) is 0 Å². The van der Waals surface area contributed by atoms with Crippen molar-refractivity contribution in [2.45, 2.75) is 71.9 Å². The maximum Gasteiger partial charge on any atom is 0.408 e. The molecule has 0 saturated carbocycles. The number of rotatable bonds is 12. The zero-order valence-corrected chi connectivity index (χ0v) is 17.3. The third-order valence-corrected chi connectivity index (χ3v) is 3.97. The Morgan fingerprint density at radius 3 is 2.20 bits per heavy atom. The first-order valence-electron chi connectivity index (χ1n) is 8.85. The number of hydrogen-bond donors (Lipinski definition) is 1. The second kappa shape index (κ2) is 13.3. The molecule has 8 heteroatoms. The summed E-state index contributed by atoms with van der Waals surface area (Å²) in [7, 11) is -1.12. The van der Waals surface area contributed by atoms with E-state index in [1.165, 1.54) is 0 Å². The van der Waals surface area contributed by atoms with Crippen molar-refractivity contribution in [3.8, 4) is 0 Å². The summed E-state index contributed by atoms with van der Waals surface area (Å²) < 4.78 is 21.5. The average molecular weight is 379 g/mol. The second-order valence-electron chi connectivity index (χ2n) is 6.64. The van der Waals surface area contributed by atoms with Gasteiger partial charge in [0.25, 0.3) is 0 Å². The van der Waals surface area contributed by atoms with Crippen molar-refractivity contribution in [3.05, 3.63) is 0 Å². The van der Waals surface area contributed by atoms with Crippen LogP contribution >= 0.6 is 8.38 Å². The quantitative estimate of drug-likeness (QED) is 0.313. The minimum Gasteiger partial charge on any atom is -0.464 e. The van der Waals surface area contributed by atoms with E-state index in [4.69, 9.17) is 18.5 Å². The van der Waals surface area contributed by atoms with Gasteiger partial charge in [-0.3, -0.25) is 0 Å². The van der Waals surface area contributed by atoms with Crippen LogP contribution in [0.1, 0.15) is 60.3 Å². The zero-order valence-electron chi connectivity index (χ0n) is 16.4. The fourth-order valence-electron chi connectivity index (χ4n) is 1.59. The molecule has 0 aliphatic carbocycles. The summed E-state index contributed by atoms with van der Waals surface area (Å²) in [6.45, 7) is 12.1. The minimum absolute atomic E-state index is 0.0153. The molecule has 0 spiro atoms. The van der Waals surface area contributed by atoms with E-state index >= 15 is 0 Å². The number of amides is 1. The molecule has 0 aliphatic rings. The van der Waals surface area contributed by atoms with E-state index in [0.29, 0.717) is 13.2 Å². The molecule has 0 radical (unpaired) electrons. The lowest BCUT2D eigenvalue weighted by molar-refractivity contribution is -0.147. The molecule has 0 aromatic carbocycles. The predicted molar refractivity (Wildman–Crippen MR) is 98.7 cm³/mol. The van der Waals surface area contributed by atoms with Crippen molar-refractivity contribution in [2.24, 2.45) is 0 Å². The molecule has 0 heterocycles. The highest BCUT2D eigenvalue weighted by Crippen LogP contribution is 2.33. The van der Waals surface area contributed by atoms with Gasteiger partial charge in [-0.15, -0.1) is 0 Å². The molecule has 0 bridgehead atoms. The van der Waals surface area contributed by atoms with E-state index in [1.54, 1.807) is 20.8 Å². The maximum atomic E-state index is 12.2.